The summed E-state index contributed by atoms with van der Waals surface area (Å²) in [5, 5.41) is 9.83. The summed E-state index contributed by atoms with van der Waals surface area (Å²) in [5.74, 6) is 0. The minimum atomic E-state index is -0.356. The number of hydrogen-bond acceptors (Lipinski definition) is 4. The first-order valence-electron chi connectivity index (χ1n) is 6.77. The third-order valence-corrected chi connectivity index (χ3v) is 3.29. The van der Waals surface area contributed by atoms with E-state index in [4.69, 9.17) is 9.47 Å². The molecular weight excluding hydrogens is 218 g/mol. The average molecular weight is 245 g/mol. The molecule has 1 aliphatic heterocycles. The third-order valence-electron chi connectivity index (χ3n) is 3.29. The molecule has 0 bridgehead atoms. The van der Waals surface area contributed by atoms with Gasteiger partial charge in [-0.3, -0.25) is 0 Å². The summed E-state index contributed by atoms with van der Waals surface area (Å²) in [6.45, 7) is 6.13. The van der Waals surface area contributed by atoms with Crippen LogP contribution in [-0.2, 0) is 9.47 Å². The van der Waals surface area contributed by atoms with E-state index >= 15 is 0 Å². The van der Waals surface area contributed by atoms with Crippen LogP contribution in [0.15, 0.2) is 0 Å². The molecule has 1 saturated heterocycles. The predicted molar refractivity (Wildman–Crippen MR) is 68.2 cm³/mol. The van der Waals surface area contributed by atoms with Crippen LogP contribution >= 0.6 is 0 Å². The largest absolute Gasteiger partial charge is 0.389 e. The third kappa shape index (κ3) is 6.36. The van der Waals surface area contributed by atoms with Crippen LogP contribution in [0, 0.1) is 0 Å². The van der Waals surface area contributed by atoms with Crippen molar-refractivity contribution in [1.82, 2.24) is 4.90 Å². The minimum absolute atomic E-state index is 0.356. The Balaban J connectivity index is 2.04. The molecule has 17 heavy (non-hydrogen) atoms. The van der Waals surface area contributed by atoms with Crippen molar-refractivity contribution in [2.24, 2.45) is 0 Å². The highest BCUT2D eigenvalue weighted by Gasteiger charge is 2.20. The molecule has 0 amide bonds. The van der Waals surface area contributed by atoms with Gasteiger partial charge in [-0.25, -0.2) is 0 Å². The van der Waals surface area contributed by atoms with Gasteiger partial charge in [0, 0.05) is 33.4 Å². The highest BCUT2D eigenvalue weighted by atomic mass is 16.5. The van der Waals surface area contributed by atoms with Crippen LogP contribution in [0.25, 0.3) is 0 Å². The molecule has 0 spiro atoms. The molecule has 4 nitrogen and oxygen atoms in total. The molecule has 0 saturated carbocycles. The van der Waals surface area contributed by atoms with Gasteiger partial charge in [-0.15, -0.1) is 0 Å². The highest BCUT2D eigenvalue weighted by molar-refractivity contribution is 4.74. The molecule has 0 aromatic heterocycles. The summed E-state index contributed by atoms with van der Waals surface area (Å²) in [6.07, 6.45) is 4.40. The maximum atomic E-state index is 9.83. The van der Waals surface area contributed by atoms with Gasteiger partial charge in [0.25, 0.3) is 0 Å². The van der Waals surface area contributed by atoms with Gasteiger partial charge in [0.1, 0.15) is 0 Å². The monoisotopic (exact) mass is 245 g/mol. The maximum Gasteiger partial charge on any atom is 0.0900 e. The van der Waals surface area contributed by atoms with E-state index in [-0.39, 0.29) is 6.10 Å². The number of likely N-dealkylation sites (tertiary alicyclic amines) is 1. The lowest BCUT2D eigenvalue weighted by atomic mass is 10.1. The Kier molecular flexibility index (Phi) is 7.77. The van der Waals surface area contributed by atoms with Crippen LogP contribution in [0.4, 0.5) is 0 Å². The van der Waals surface area contributed by atoms with E-state index in [2.05, 4.69) is 11.8 Å². The molecule has 1 aliphatic rings. The van der Waals surface area contributed by atoms with Crippen molar-refractivity contribution in [3.63, 3.8) is 0 Å². The molecule has 1 unspecified atom stereocenters. The van der Waals surface area contributed by atoms with Crippen LogP contribution in [0.2, 0.25) is 0 Å². The molecule has 1 rings (SSSR count). The van der Waals surface area contributed by atoms with E-state index in [1.54, 1.807) is 7.11 Å². The van der Waals surface area contributed by atoms with Crippen LogP contribution in [0.5, 0.6) is 0 Å². The number of nitrogens with zero attached hydrogens (tertiary/aromatic N) is 1. The second-order valence-corrected chi connectivity index (χ2v) is 4.82. The number of rotatable bonds is 8. The first-order chi connectivity index (χ1) is 8.26. The van der Waals surface area contributed by atoms with Gasteiger partial charge in [-0.2, -0.15) is 0 Å². The summed E-state index contributed by atoms with van der Waals surface area (Å²) < 4.78 is 10.7. The standard InChI is InChI=1S/C13H27NO3/c1-3-4-9-17-11-12(15)10-14-7-5-13(16-2)6-8-14/h12-13,15H,3-11H2,1-2H3. The minimum Gasteiger partial charge on any atom is -0.389 e. The molecule has 1 N–H and O–H groups in total. The number of β-amino-alcohol motifs (C(OH)–C–C–N with tert-alkyl or cyclic N) is 1. The van der Waals surface area contributed by atoms with E-state index < -0.39 is 0 Å². The number of methoxy groups -OCH3 is 1. The normalized spacial score (nSPS) is 20.6. The van der Waals surface area contributed by atoms with Crippen LogP contribution in [0.1, 0.15) is 32.6 Å². The molecule has 1 heterocycles. The fourth-order valence-corrected chi connectivity index (χ4v) is 2.14. The average Bonchev–Trinajstić information content (AvgIpc) is 2.36. The van der Waals surface area contributed by atoms with Crippen LogP contribution in [-0.4, -0.2) is 62.2 Å². The fourth-order valence-electron chi connectivity index (χ4n) is 2.14. The smallest absolute Gasteiger partial charge is 0.0900 e. The Morgan fingerprint density at radius 1 is 1.35 bits per heavy atom. The second-order valence-electron chi connectivity index (χ2n) is 4.82. The molecule has 0 aliphatic carbocycles. The molecule has 4 heteroatoms. The van der Waals surface area contributed by atoms with E-state index in [1.165, 1.54) is 0 Å². The second kappa shape index (κ2) is 8.86. The number of ether oxygens (including phenoxy) is 2. The van der Waals surface area contributed by atoms with Crippen molar-refractivity contribution >= 4 is 0 Å². The Morgan fingerprint density at radius 3 is 2.65 bits per heavy atom. The van der Waals surface area contributed by atoms with Crippen molar-refractivity contribution in [1.29, 1.82) is 0 Å². The van der Waals surface area contributed by atoms with Gasteiger partial charge < -0.3 is 19.5 Å². The van der Waals surface area contributed by atoms with E-state index in [1.807, 2.05) is 0 Å². The Hall–Kier alpha value is -0.160. The van der Waals surface area contributed by atoms with E-state index in [0.29, 0.717) is 12.7 Å². The molecule has 0 aromatic carbocycles. The van der Waals surface area contributed by atoms with Gasteiger partial charge >= 0.3 is 0 Å². The van der Waals surface area contributed by atoms with Crippen molar-refractivity contribution in [2.45, 2.75) is 44.8 Å². The first-order valence-corrected chi connectivity index (χ1v) is 6.77. The van der Waals surface area contributed by atoms with Gasteiger partial charge in [0.05, 0.1) is 18.8 Å². The number of hydrogen-bond donors (Lipinski definition) is 1. The van der Waals surface area contributed by atoms with Gasteiger partial charge in [0.2, 0.25) is 0 Å². The molecule has 102 valence electrons. The summed E-state index contributed by atoms with van der Waals surface area (Å²) in [5.41, 5.74) is 0. The van der Waals surface area contributed by atoms with Crippen molar-refractivity contribution < 1.29 is 14.6 Å². The summed E-state index contributed by atoms with van der Waals surface area (Å²) >= 11 is 0. The molecular formula is C13H27NO3. The summed E-state index contributed by atoms with van der Waals surface area (Å²) in [6, 6.07) is 0. The topological polar surface area (TPSA) is 41.9 Å². The predicted octanol–water partition coefficient (Wildman–Crippen LogP) is 1.27. The van der Waals surface area contributed by atoms with Crippen molar-refractivity contribution in [3.05, 3.63) is 0 Å². The first kappa shape index (κ1) is 14.9. The van der Waals surface area contributed by atoms with E-state index in [0.717, 1.165) is 51.9 Å². The van der Waals surface area contributed by atoms with Crippen molar-refractivity contribution in [3.8, 4) is 0 Å². The molecule has 1 fully saturated rings. The maximum absolute atomic E-state index is 9.83. The lowest BCUT2D eigenvalue weighted by molar-refractivity contribution is -0.00547. The Labute approximate surface area is 105 Å². The lowest BCUT2D eigenvalue weighted by Gasteiger charge is -2.32. The molecule has 0 radical (unpaired) electrons. The zero-order chi connectivity index (χ0) is 12.5. The van der Waals surface area contributed by atoms with Gasteiger partial charge in [0.15, 0.2) is 0 Å². The highest BCUT2D eigenvalue weighted by Crippen LogP contribution is 2.12. The van der Waals surface area contributed by atoms with Crippen LogP contribution in [0.3, 0.4) is 0 Å². The van der Waals surface area contributed by atoms with Gasteiger partial charge in [-0.1, -0.05) is 13.3 Å². The number of piperidine rings is 1. The number of unbranched alkanes of at least 4 members (excludes halogenated alkanes) is 1. The fraction of sp³-hybridized carbons (Fsp3) is 1.00. The van der Waals surface area contributed by atoms with Crippen molar-refractivity contribution in [2.75, 3.05) is 40.0 Å². The zero-order valence-electron chi connectivity index (χ0n) is 11.2. The summed E-state index contributed by atoms with van der Waals surface area (Å²) in [4.78, 5) is 2.30. The summed E-state index contributed by atoms with van der Waals surface area (Å²) in [7, 11) is 1.77. The Morgan fingerprint density at radius 2 is 2.06 bits per heavy atom. The number of aliphatic hydroxyl groups excluding tert-OH is 1. The Bertz CT molecular complexity index is 182. The van der Waals surface area contributed by atoms with Gasteiger partial charge in [-0.05, 0) is 19.3 Å². The zero-order valence-corrected chi connectivity index (χ0v) is 11.2. The van der Waals surface area contributed by atoms with Crippen LogP contribution < -0.4 is 0 Å². The molecule has 1 atom stereocenters. The number of aliphatic hydroxyl groups is 1. The quantitative estimate of drug-likeness (QED) is 0.654. The molecule has 0 aromatic rings. The van der Waals surface area contributed by atoms with E-state index in [9.17, 15) is 5.11 Å². The SMILES string of the molecule is CCCCOCC(O)CN1CCC(OC)CC1. The lowest BCUT2D eigenvalue weighted by Crippen LogP contribution is -2.42.